The Hall–Kier alpha value is -0.220. The van der Waals surface area contributed by atoms with Gasteiger partial charge in [0.15, 0.2) is 0 Å². The van der Waals surface area contributed by atoms with Gasteiger partial charge < -0.3 is 10.2 Å². The molecule has 0 aromatic rings. The first-order valence-corrected chi connectivity index (χ1v) is 6.71. The lowest BCUT2D eigenvalue weighted by Crippen LogP contribution is -2.39. The van der Waals surface area contributed by atoms with E-state index in [1.807, 2.05) is 0 Å². The van der Waals surface area contributed by atoms with Crippen molar-refractivity contribution in [3.63, 3.8) is 0 Å². The van der Waals surface area contributed by atoms with Gasteiger partial charge >= 0.3 is 0 Å². The number of hydrogen-bond acceptors (Lipinski definition) is 3. The molecule has 2 saturated heterocycles. The molecule has 1 amide bonds. The van der Waals surface area contributed by atoms with Crippen LogP contribution in [0.15, 0.2) is 0 Å². The Labute approximate surface area is 89.6 Å². The number of carbonyl (C=O) groups excluding carboxylic acids is 1. The molecule has 2 rings (SSSR count). The Morgan fingerprint density at radius 3 is 3.21 bits per heavy atom. The van der Waals surface area contributed by atoms with Crippen molar-refractivity contribution in [1.82, 2.24) is 10.2 Å². The second-order valence-electron chi connectivity index (χ2n) is 4.10. The third kappa shape index (κ3) is 1.91. The second-order valence-corrected chi connectivity index (χ2v) is 5.09. The van der Waals surface area contributed by atoms with E-state index in [0.29, 0.717) is 18.4 Å². The standard InChI is InChI=1S/C10H18N2OS/c1-14-5-3-10(13)12-4-2-8-6-11-7-9(8)12/h8-9,11H,2-7H2,1H3. The van der Waals surface area contributed by atoms with Gasteiger partial charge in [0.2, 0.25) is 5.91 Å². The number of fused-ring (bicyclic) bond motifs is 1. The van der Waals surface area contributed by atoms with E-state index in [-0.39, 0.29) is 0 Å². The summed E-state index contributed by atoms with van der Waals surface area (Å²) in [6.45, 7) is 3.11. The fraction of sp³-hybridized carbons (Fsp3) is 0.900. The van der Waals surface area contributed by atoms with Gasteiger partial charge in [0.1, 0.15) is 0 Å². The SMILES string of the molecule is CSCCC(=O)N1CCC2CNCC21. The average Bonchev–Trinajstić information content (AvgIpc) is 2.74. The molecule has 0 bridgehead atoms. The van der Waals surface area contributed by atoms with Crippen molar-refractivity contribution in [1.29, 1.82) is 0 Å². The van der Waals surface area contributed by atoms with E-state index < -0.39 is 0 Å². The molecule has 14 heavy (non-hydrogen) atoms. The predicted molar refractivity (Wildman–Crippen MR) is 59.5 cm³/mol. The average molecular weight is 214 g/mol. The Balaban J connectivity index is 1.88. The largest absolute Gasteiger partial charge is 0.338 e. The van der Waals surface area contributed by atoms with Crippen molar-refractivity contribution in [2.45, 2.75) is 18.9 Å². The minimum absolute atomic E-state index is 0.357. The number of nitrogens with zero attached hydrogens (tertiary/aromatic N) is 1. The van der Waals surface area contributed by atoms with E-state index in [2.05, 4.69) is 16.5 Å². The van der Waals surface area contributed by atoms with Crippen LogP contribution < -0.4 is 5.32 Å². The van der Waals surface area contributed by atoms with E-state index >= 15 is 0 Å². The van der Waals surface area contributed by atoms with Gasteiger partial charge in [0.25, 0.3) is 0 Å². The summed E-state index contributed by atoms with van der Waals surface area (Å²) in [5, 5.41) is 3.37. The van der Waals surface area contributed by atoms with Crippen LogP contribution >= 0.6 is 11.8 Å². The second kappa shape index (κ2) is 4.53. The monoisotopic (exact) mass is 214 g/mol. The van der Waals surface area contributed by atoms with Crippen LogP contribution in [0.25, 0.3) is 0 Å². The van der Waals surface area contributed by atoms with Crippen molar-refractivity contribution in [3.8, 4) is 0 Å². The number of likely N-dealkylation sites (tertiary alicyclic amines) is 1. The molecule has 0 saturated carbocycles. The first-order valence-electron chi connectivity index (χ1n) is 5.32. The maximum atomic E-state index is 11.8. The molecule has 0 aliphatic carbocycles. The Kier molecular flexibility index (Phi) is 3.34. The molecule has 2 unspecified atom stereocenters. The van der Waals surface area contributed by atoms with Gasteiger partial charge in [0.05, 0.1) is 0 Å². The highest BCUT2D eigenvalue weighted by Crippen LogP contribution is 2.27. The summed E-state index contributed by atoms with van der Waals surface area (Å²) in [7, 11) is 0. The summed E-state index contributed by atoms with van der Waals surface area (Å²) >= 11 is 1.75. The summed E-state index contributed by atoms with van der Waals surface area (Å²) in [4.78, 5) is 13.9. The number of amides is 1. The van der Waals surface area contributed by atoms with Crippen LogP contribution in [0, 0.1) is 5.92 Å². The van der Waals surface area contributed by atoms with Gasteiger partial charge in [-0.2, -0.15) is 11.8 Å². The third-order valence-corrected chi connectivity index (χ3v) is 3.90. The maximum absolute atomic E-state index is 11.8. The summed E-state index contributed by atoms with van der Waals surface area (Å²) in [5.74, 6) is 2.05. The zero-order chi connectivity index (χ0) is 9.97. The minimum Gasteiger partial charge on any atom is -0.338 e. The molecule has 2 aliphatic heterocycles. The number of nitrogens with one attached hydrogen (secondary N) is 1. The van der Waals surface area contributed by atoms with Gasteiger partial charge in [-0.05, 0) is 18.6 Å². The van der Waals surface area contributed by atoms with E-state index in [4.69, 9.17) is 0 Å². The Bertz CT molecular complexity index is 222. The smallest absolute Gasteiger partial charge is 0.223 e. The molecule has 2 atom stereocenters. The van der Waals surface area contributed by atoms with Crippen molar-refractivity contribution in [2.24, 2.45) is 5.92 Å². The van der Waals surface area contributed by atoms with Gasteiger partial charge in [-0.15, -0.1) is 0 Å². The summed E-state index contributed by atoms with van der Waals surface area (Å²) in [6.07, 6.45) is 3.96. The highest BCUT2D eigenvalue weighted by Gasteiger charge is 2.39. The number of thioether (sulfide) groups is 1. The fourth-order valence-electron chi connectivity index (χ4n) is 2.49. The molecule has 1 N–H and O–H groups in total. The van der Waals surface area contributed by atoms with Gasteiger partial charge in [0, 0.05) is 37.8 Å². The topological polar surface area (TPSA) is 32.3 Å². The maximum Gasteiger partial charge on any atom is 0.223 e. The van der Waals surface area contributed by atoms with E-state index in [1.165, 1.54) is 6.42 Å². The molecule has 0 aromatic heterocycles. The zero-order valence-corrected chi connectivity index (χ0v) is 9.48. The van der Waals surface area contributed by atoms with Crippen LogP contribution in [-0.4, -0.2) is 48.5 Å². The van der Waals surface area contributed by atoms with Crippen LogP contribution in [0.4, 0.5) is 0 Å². The highest BCUT2D eigenvalue weighted by atomic mass is 32.2. The molecule has 2 fully saturated rings. The first-order chi connectivity index (χ1) is 6.83. The van der Waals surface area contributed by atoms with Crippen LogP contribution in [0.5, 0.6) is 0 Å². The van der Waals surface area contributed by atoms with Crippen LogP contribution in [0.3, 0.4) is 0 Å². The molecular weight excluding hydrogens is 196 g/mol. The van der Waals surface area contributed by atoms with E-state index in [9.17, 15) is 4.79 Å². The van der Waals surface area contributed by atoms with E-state index in [1.54, 1.807) is 11.8 Å². The molecule has 2 heterocycles. The predicted octanol–water partition coefficient (Wildman–Crippen LogP) is 0.560. The van der Waals surface area contributed by atoms with Crippen molar-refractivity contribution < 1.29 is 4.79 Å². The zero-order valence-electron chi connectivity index (χ0n) is 8.66. The van der Waals surface area contributed by atoms with Crippen LogP contribution in [-0.2, 0) is 4.79 Å². The Morgan fingerprint density at radius 2 is 2.43 bits per heavy atom. The highest BCUT2D eigenvalue weighted by molar-refractivity contribution is 7.98. The number of hydrogen-bond donors (Lipinski definition) is 1. The number of carbonyl (C=O) groups is 1. The van der Waals surface area contributed by atoms with E-state index in [0.717, 1.165) is 31.3 Å². The lowest BCUT2D eigenvalue weighted by Gasteiger charge is -2.23. The number of rotatable bonds is 3. The molecule has 3 nitrogen and oxygen atoms in total. The minimum atomic E-state index is 0.357. The van der Waals surface area contributed by atoms with Crippen molar-refractivity contribution in [2.75, 3.05) is 31.6 Å². The fourth-order valence-corrected chi connectivity index (χ4v) is 2.87. The quantitative estimate of drug-likeness (QED) is 0.745. The molecule has 0 aromatic carbocycles. The van der Waals surface area contributed by atoms with Crippen LogP contribution in [0.1, 0.15) is 12.8 Å². The molecule has 80 valence electrons. The summed E-state index contributed by atoms with van der Waals surface area (Å²) in [6, 6.07) is 0.504. The van der Waals surface area contributed by atoms with Crippen molar-refractivity contribution >= 4 is 17.7 Å². The van der Waals surface area contributed by atoms with Gasteiger partial charge in [-0.3, -0.25) is 4.79 Å². The van der Waals surface area contributed by atoms with Gasteiger partial charge in [-0.1, -0.05) is 0 Å². The van der Waals surface area contributed by atoms with Crippen molar-refractivity contribution in [3.05, 3.63) is 0 Å². The Morgan fingerprint density at radius 1 is 1.57 bits per heavy atom. The van der Waals surface area contributed by atoms with Gasteiger partial charge in [-0.25, -0.2) is 0 Å². The molecule has 4 heteroatoms. The normalized spacial score (nSPS) is 30.8. The lowest BCUT2D eigenvalue weighted by molar-refractivity contribution is -0.131. The first kappa shape index (κ1) is 10.3. The molecular formula is C10H18N2OS. The molecule has 2 aliphatic rings. The molecule has 0 radical (unpaired) electrons. The summed E-state index contributed by atoms with van der Waals surface area (Å²) < 4.78 is 0. The lowest BCUT2D eigenvalue weighted by atomic mass is 10.1. The summed E-state index contributed by atoms with van der Waals surface area (Å²) in [5.41, 5.74) is 0. The molecule has 0 spiro atoms. The van der Waals surface area contributed by atoms with Crippen LogP contribution in [0.2, 0.25) is 0 Å². The third-order valence-electron chi connectivity index (χ3n) is 3.29.